The van der Waals surface area contributed by atoms with E-state index in [2.05, 4.69) is 10.3 Å². The predicted octanol–water partition coefficient (Wildman–Crippen LogP) is 5.22. The van der Waals surface area contributed by atoms with Gasteiger partial charge in [-0.1, -0.05) is 30.3 Å². The first kappa shape index (κ1) is 16.7. The largest absolute Gasteiger partial charge is 0.497 e. The van der Waals surface area contributed by atoms with Crippen LogP contribution in [-0.2, 0) is 0 Å². The number of amides is 1. The van der Waals surface area contributed by atoms with Gasteiger partial charge in [0.2, 0.25) is 0 Å². The number of rotatable bonds is 5. The van der Waals surface area contributed by atoms with E-state index in [-0.39, 0.29) is 5.91 Å². The molecule has 0 fully saturated rings. The Balaban J connectivity index is 1.58. The Kier molecular flexibility index (Phi) is 4.49. The van der Waals surface area contributed by atoms with Gasteiger partial charge in [0.1, 0.15) is 17.2 Å². The van der Waals surface area contributed by atoms with Gasteiger partial charge in [-0.15, -0.1) is 0 Å². The highest BCUT2D eigenvalue weighted by atomic mass is 16.5. The summed E-state index contributed by atoms with van der Waals surface area (Å²) < 4.78 is 11.1. The summed E-state index contributed by atoms with van der Waals surface area (Å²) in [5.41, 5.74) is 1.91. The molecule has 27 heavy (non-hydrogen) atoms. The third kappa shape index (κ3) is 3.62. The van der Waals surface area contributed by atoms with Crippen molar-refractivity contribution >= 4 is 22.5 Å². The second-order valence-corrected chi connectivity index (χ2v) is 6.00. The molecule has 1 aromatic heterocycles. The van der Waals surface area contributed by atoms with Gasteiger partial charge in [-0.05, 0) is 42.5 Å². The first-order valence-corrected chi connectivity index (χ1v) is 8.53. The van der Waals surface area contributed by atoms with Gasteiger partial charge < -0.3 is 19.8 Å². The van der Waals surface area contributed by atoms with Crippen LogP contribution in [0.2, 0.25) is 0 Å². The summed E-state index contributed by atoms with van der Waals surface area (Å²) in [6.07, 6.45) is 0. The summed E-state index contributed by atoms with van der Waals surface area (Å²) in [7, 11) is 1.61. The molecule has 5 heteroatoms. The van der Waals surface area contributed by atoms with Crippen LogP contribution < -0.4 is 14.8 Å². The van der Waals surface area contributed by atoms with Crippen LogP contribution in [0.3, 0.4) is 0 Å². The topological polar surface area (TPSA) is 63.4 Å². The number of carbonyl (C=O) groups excluding carboxylic acids is 1. The summed E-state index contributed by atoms with van der Waals surface area (Å²) in [5.74, 6) is 1.78. The summed E-state index contributed by atoms with van der Waals surface area (Å²) in [5, 5.41) is 3.85. The molecule has 0 aliphatic rings. The van der Waals surface area contributed by atoms with Crippen molar-refractivity contribution in [3.63, 3.8) is 0 Å². The maximum absolute atomic E-state index is 12.7. The average molecular weight is 358 g/mol. The van der Waals surface area contributed by atoms with Crippen molar-refractivity contribution in [2.75, 3.05) is 12.4 Å². The molecule has 4 aromatic rings. The van der Waals surface area contributed by atoms with Gasteiger partial charge in [0.15, 0.2) is 5.75 Å². The highest BCUT2D eigenvalue weighted by molar-refractivity contribution is 6.06. The Morgan fingerprint density at radius 3 is 2.48 bits per heavy atom. The monoisotopic (exact) mass is 358 g/mol. The average Bonchev–Trinajstić information content (AvgIpc) is 3.13. The van der Waals surface area contributed by atoms with Crippen LogP contribution in [0.25, 0.3) is 10.9 Å². The molecule has 2 N–H and O–H groups in total. The number of anilines is 1. The zero-order valence-corrected chi connectivity index (χ0v) is 14.7. The molecule has 3 aromatic carbocycles. The molecule has 0 radical (unpaired) electrons. The lowest BCUT2D eigenvalue weighted by Crippen LogP contribution is -2.12. The first-order chi connectivity index (χ1) is 13.2. The van der Waals surface area contributed by atoms with E-state index in [1.807, 2.05) is 78.9 Å². The lowest BCUT2D eigenvalue weighted by Gasteiger charge is -2.11. The van der Waals surface area contributed by atoms with Crippen molar-refractivity contribution in [3.8, 4) is 17.2 Å². The zero-order chi connectivity index (χ0) is 18.6. The molecule has 0 atom stereocenters. The van der Waals surface area contributed by atoms with Crippen LogP contribution in [-0.4, -0.2) is 18.0 Å². The normalized spacial score (nSPS) is 10.6. The zero-order valence-electron chi connectivity index (χ0n) is 14.7. The number of H-pyrrole nitrogens is 1. The quantitative estimate of drug-likeness (QED) is 0.514. The molecule has 0 bridgehead atoms. The number of aromatic amines is 1. The smallest absolute Gasteiger partial charge is 0.272 e. The molecule has 5 nitrogen and oxygen atoms in total. The Morgan fingerprint density at radius 2 is 1.67 bits per heavy atom. The van der Waals surface area contributed by atoms with Crippen molar-refractivity contribution in [3.05, 3.63) is 84.6 Å². The van der Waals surface area contributed by atoms with Crippen molar-refractivity contribution in [1.82, 2.24) is 4.98 Å². The molecule has 0 aliphatic heterocycles. The summed E-state index contributed by atoms with van der Waals surface area (Å²) >= 11 is 0. The number of aromatic nitrogens is 1. The second-order valence-electron chi connectivity index (χ2n) is 6.00. The molecule has 1 amide bonds. The lowest BCUT2D eigenvalue weighted by molar-refractivity contribution is 0.102. The van der Waals surface area contributed by atoms with Gasteiger partial charge in [0.25, 0.3) is 5.91 Å². The molecule has 134 valence electrons. The number of para-hydroxylation sites is 3. The number of carbonyl (C=O) groups is 1. The van der Waals surface area contributed by atoms with Crippen molar-refractivity contribution in [2.45, 2.75) is 0 Å². The number of ether oxygens (including phenoxy) is 2. The fourth-order valence-electron chi connectivity index (χ4n) is 2.82. The molecule has 1 heterocycles. The van der Waals surface area contributed by atoms with Crippen LogP contribution in [0.15, 0.2) is 78.9 Å². The van der Waals surface area contributed by atoms with Crippen LogP contribution >= 0.6 is 0 Å². The first-order valence-electron chi connectivity index (χ1n) is 8.53. The van der Waals surface area contributed by atoms with Gasteiger partial charge >= 0.3 is 0 Å². The highest BCUT2D eigenvalue weighted by Gasteiger charge is 2.13. The van der Waals surface area contributed by atoms with Crippen LogP contribution in [0.4, 0.5) is 5.69 Å². The summed E-state index contributed by atoms with van der Waals surface area (Å²) in [6.45, 7) is 0. The third-order valence-electron chi connectivity index (χ3n) is 4.18. The van der Waals surface area contributed by atoms with E-state index in [1.165, 1.54) is 0 Å². The van der Waals surface area contributed by atoms with E-state index in [4.69, 9.17) is 9.47 Å². The fourth-order valence-corrected chi connectivity index (χ4v) is 2.82. The number of fused-ring (bicyclic) bond motifs is 1. The minimum absolute atomic E-state index is 0.241. The Morgan fingerprint density at radius 1 is 0.889 bits per heavy atom. The fraction of sp³-hybridized carbons (Fsp3) is 0.0455. The van der Waals surface area contributed by atoms with Gasteiger partial charge in [0, 0.05) is 17.0 Å². The Labute approximate surface area is 156 Å². The number of benzene rings is 3. The van der Waals surface area contributed by atoms with Crippen molar-refractivity contribution < 1.29 is 14.3 Å². The standard InChI is InChI=1S/C22H18N2O3/c1-26-17-12-11-15-13-20(23-19(15)14-17)22(25)24-18-9-5-6-10-21(18)27-16-7-3-2-4-8-16/h2-14,23H,1H3,(H,24,25). The maximum Gasteiger partial charge on any atom is 0.272 e. The van der Waals surface area contributed by atoms with E-state index < -0.39 is 0 Å². The molecule has 0 unspecified atom stereocenters. The minimum Gasteiger partial charge on any atom is -0.497 e. The third-order valence-corrected chi connectivity index (χ3v) is 4.18. The predicted molar refractivity (Wildman–Crippen MR) is 106 cm³/mol. The van der Waals surface area contributed by atoms with Gasteiger partial charge in [-0.2, -0.15) is 0 Å². The molecule has 0 aliphatic carbocycles. The van der Waals surface area contributed by atoms with E-state index in [0.29, 0.717) is 22.9 Å². The SMILES string of the molecule is COc1ccc2cc(C(=O)Nc3ccccc3Oc3ccccc3)[nH]c2c1. The Bertz CT molecular complexity index is 1090. The van der Waals surface area contributed by atoms with Gasteiger partial charge in [0.05, 0.1) is 12.8 Å². The summed E-state index contributed by atoms with van der Waals surface area (Å²) in [6, 6.07) is 24.2. The molecule has 0 saturated carbocycles. The van der Waals surface area contributed by atoms with E-state index in [0.717, 1.165) is 16.7 Å². The van der Waals surface area contributed by atoms with Crippen LogP contribution in [0.1, 0.15) is 10.5 Å². The van der Waals surface area contributed by atoms with E-state index >= 15 is 0 Å². The lowest BCUT2D eigenvalue weighted by atomic mass is 10.2. The number of methoxy groups -OCH3 is 1. The van der Waals surface area contributed by atoms with Gasteiger partial charge in [-0.3, -0.25) is 4.79 Å². The maximum atomic E-state index is 12.7. The van der Waals surface area contributed by atoms with Crippen LogP contribution in [0.5, 0.6) is 17.2 Å². The number of hydrogen-bond donors (Lipinski definition) is 2. The van der Waals surface area contributed by atoms with E-state index in [1.54, 1.807) is 7.11 Å². The Hall–Kier alpha value is -3.73. The second kappa shape index (κ2) is 7.25. The van der Waals surface area contributed by atoms with Crippen molar-refractivity contribution in [1.29, 1.82) is 0 Å². The van der Waals surface area contributed by atoms with E-state index in [9.17, 15) is 4.79 Å². The molecular weight excluding hydrogens is 340 g/mol. The van der Waals surface area contributed by atoms with Gasteiger partial charge in [-0.25, -0.2) is 0 Å². The van der Waals surface area contributed by atoms with Crippen molar-refractivity contribution in [2.24, 2.45) is 0 Å². The molecular formula is C22H18N2O3. The number of nitrogens with one attached hydrogen (secondary N) is 2. The minimum atomic E-state index is -0.241. The summed E-state index contributed by atoms with van der Waals surface area (Å²) in [4.78, 5) is 15.8. The number of hydrogen-bond acceptors (Lipinski definition) is 3. The molecule has 0 saturated heterocycles. The molecule has 0 spiro atoms. The highest BCUT2D eigenvalue weighted by Crippen LogP contribution is 2.30. The van der Waals surface area contributed by atoms with Crippen LogP contribution in [0, 0.1) is 0 Å². The molecule has 4 rings (SSSR count).